The van der Waals surface area contributed by atoms with Gasteiger partial charge in [-0.15, -0.1) is 0 Å². The minimum Gasteiger partial charge on any atom is -0.212 e. The van der Waals surface area contributed by atoms with Crippen LogP contribution in [0.5, 0.6) is 0 Å². The average molecular weight is 342 g/mol. The van der Waals surface area contributed by atoms with E-state index in [9.17, 15) is 9.59 Å². The molecule has 0 unspecified atom stereocenters. The standard InChI is InChI=1S/C21H15N3O2/c25-20-22-21(26)24(18-14-8-3-9-15-18)19(16-10-4-1-5-11-16)23(20)17-12-6-2-7-13-17/h1-15H/p+1. The SMILES string of the molecule is O=c1[nH]c(=O)[n+](-c2ccccc2)c(-c2ccccc2)n1-c1ccccc1. The Kier molecular flexibility index (Phi) is 4.03. The van der Waals surface area contributed by atoms with Crippen LogP contribution in [0.4, 0.5) is 0 Å². The Balaban J connectivity index is 2.17. The van der Waals surface area contributed by atoms with Crippen molar-refractivity contribution in [2.75, 3.05) is 0 Å². The summed E-state index contributed by atoms with van der Waals surface area (Å²) in [6.07, 6.45) is 0. The molecule has 0 saturated carbocycles. The lowest BCUT2D eigenvalue weighted by Gasteiger charge is -2.11. The molecule has 1 N–H and O–H groups in total. The molecule has 3 aromatic carbocycles. The molecule has 4 aromatic rings. The second-order valence-corrected chi connectivity index (χ2v) is 5.77. The van der Waals surface area contributed by atoms with Gasteiger partial charge in [-0.05, 0) is 36.4 Å². The van der Waals surface area contributed by atoms with Crippen LogP contribution in [0.2, 0.25) is 0 Å². The number of aromatic amines is 1. The number of aromatic nitrogens is 3. The number of benzene rings is 3. The fourth-order valence-corrected chi connectivity index (χ4v) is 2.97. The summed E-state index contributed by atoms with van der Waals surface area (Å²) in [6, 6.07) is 27.9. The van der Waals surface area contributed by atoms with Gasteiger partial charge in [0, 0.05) is 5.56 Å². The monoisotopic (exact) mass is 342 g/mol. The van der Waals surface area contributed by atoms with Crippen molar-refractivity contribution in [3.05, 3.63) is 112 Å². The molecule has 0 fully saturated rings. The predicted octanol–water partition coefficient (Wildman–Crippen LogP) is 2.47. The number of rotatable bonds is 3. The Bertz CT molecular complexity index is 1080. The molecule has 0 spiro atoms. The second kappa shape index (κ2) is 6.64. The van der Waals surface area contributed by atoms with Crippen molar-refractivity contribution in [2.24, 2.45) is 0 Å². The molecule has 5 nitrogen and oxygen atoms in total. The summed E-state index contributed by atoms with van der Waals surface area (Å²) in [6.45, 7) is 0. The maximum Gasteiger partial charge on any atom is 0.451 e. The Morgan fingerprint density at radius 2 is 1.23 bits per heavy atom. The van der Waals surface area contributed by atoms with Gasteiger partial charge < -0.3 is 0 Å². The maximum atomic E-state index is 12.7. The molecule has 4 rings (SSSR count). The van der Waals surface area contributed by atoms with E-state index in [-0.39, 0.29) is 0 Å². The number of nitrogens with zero attached hydrogens (tertiary/aromatic N) is 2. The summed E-state index contributed by atoms with van der Waals surface area (Å²) in [5.74, 6) is 0.497. The second-order valence-electron chi connectivity index (χ2n) is 5.77. The lowest BCUT2D eigenvalue weighted by molar-refractivity contribution is -0.608. The smallest absolute Gasteiger partial charge is 0.212 e. The first kappa shape index (κ1) is 15.8. The maximum absolute atomic E-state index is 12.7. The molecule has 5 heteroatoms. The third-order valence-corrected chi connectivity index (χ3v) is 4.10. The first-order chi connectivity index (χ1) is 12.8. The van der Waals surface area contributed by atoms with Crippen molar-refractivity contribution in [1.29, 1.82) is 0 Å². The van der Waals surface area contributed by atoms with Crippen molar-refractivity contribution in [3.63, 3.8) is 0 Å². The number of hydrogen-bond donors (Lipinski definition) is 1. The summed E-state index contributed by atoms with van der Waals surface area (Å²) < 4.78 is 3.04. The fourth-order valence-electron chi connectivity index (χ4n) is 2.97. The molecular formula is C21H16N3O2+. The Morgan fingerprint density at radius 3 is 1.85 bits per heavy atom. The van der Waals surface area contributed by atoms with Crippen LogP contribution in [0.1, 0.15) is 0 Å². The van der Waals surface area contributed by atoms with E-state index in [2.05, 4.69) is 4.98 Å². The molecule has 0 bridgehead atoms. The minimum absolute atomic E-state index is 0.479. The molecule has 0 radical (unpaired) electrons. The number of para-hydroxylation sites is 2. The molecular weight excluding hydrogens is 326 g/mol. The van der Waals surface area contributed by atoms with Crippen molar-refractivity contribution in [2.45, 2.75) is 0 Å². The van der Waals surface area contributed by atoms with E-state index in [1.807, 2.05) is 91.0 Å². The lowest BCUT2D eigenvalue weighted by Crippen LogP contribution is -2.56. The van der Waals surface area contributed by atoms with Gasteiger partial charge in [0.25, 0.3) is 5.82 Å². The van der Waals surface area contributed by atoms with Crippen molar-refractivity contribution in [1.82, 2.24) is 9.55 Å². The highest BCUT2D eigenvalue weighted by Crippen LogP contribution is 2.18. The van der Waals surface area contributed by atoms with Crippen molar-refractivity contribution >= 4 is 0 Å². The van der Waals surface area contributed by atoms with E-state index in [0.717, 1.165) is 5.56 Å². The van der Waals surface area contributed by atoms with Gasteiger partial charge in [-0.3, -0.25) is 0 Å². The highest BCUT2D eigenvalue weighted by molar-refractivity contribution is 5.56. The van der Waals surface area contributed by atoms with Crippen LogP contribution in [0, 0.1) is 0 Å². The average Bonchev–Trinajstić information content (AvgIpc) is 2.69. The Morgan fingerprint density at radius 1 is 0.692 bits per heavy atom. The third-order valence-electron chi connectivity index (χ3n) is 4.10. The molecule has 1 aromatic heterocycles. The molecule has 0 aliphatic rings. The van der Waals surface area contributed by atoms with Crippen LogP contribution in [0.3, 0.4) is 0 Å². The largest absolute Gasteiger partial charge is 0.451 e. The van der Waals surface area contributed by atoms with Crippen LogP contribution in [-0.4, -0.2) is 9.55 Å². The zero-order valence-corrected chi connectivity index (χ0v) is 13.9. The summed E-state index contributed by atoms with van der Waals surface area (Å²) in [5.41, 5.74) is 1.16. The molecule has 1 heterocycles. The molecule has 0 aliphatic heterocycles. The van der Waals surface area contributed by atoms with E-state index in [1.54, 1.807) is 0 Å². The highest BCUT2D eigenvalue weighted by atomic mass is 16.2. The summed E-state index contributed by atoms with van der Waals surface area (Å²) >= 11 is 0. The van der Waals surface area contributed by atoms with E-state index < -0.39 is 11.4 Å². The van der Waals surface area contributed by atoms with Crippen molar-refractivity contribution < 1.29 is 4.57 Å². The lowest BCUT2D eigenvalue weighted by atomic mass is 10.2. The van der Waals surface area contributed by atoms with Crippen molar-refractivity contribution in [3.8, 4) is 22.8 Å². The van der Waals surface area contributed by atoms with Crippen LogP contribution >= 0.6 is 0 Å². The van der Waals surface area contributed by atoms with E-state index in [4.69, 9.17) is 0 Å². The zero-order valence-electron chi connectivity index (χ0n) is 13.9. The van der Waals surface area contributed by atoms with Gasteiger partial charge in [0.15, 0.2) is 0 Å². The summed E-state index contributed by atoms with van der Waals surface area (Å²) in [4.78, 5) is 27.9. The van der Waals surface area contributed by atoms with Crippen LogP contribution in [0.15, 0.2) is 101 Å². The van der Waals surface area contributed by atoms with Gasteiger partial charge in [0.05, 0.1) is 0 Å². The Hall–Kier alpha value is -3.73. The molecule has 0 aliphatic carbocycles. The van der Waals surface area contributed by atoms with Gasteiger partial charge in [-0.25, -0.2) is 9.59 Å². The van der Waals surface area contributed by atoms with Crippen LogP contribution in [0.25, 0.3) is 22.8 Å². The van der Waals surface area contributed by atoms with E-state index >= 15 is 0 Å². The number of nitrogens with one attached hydrogen (secondary N) is 1. The predicted molar refractivity (Wildman–Crippen MR) is 99.6 cm³/mol. The van der Waals surface area contributed by atoms with Gasteiger partial charge >= 0.3 is 11.4 Å². The first-order valence-corrected chi connectivity index (χ1v) is 8.23. The minimum atomic E-state index is -0.479. The summed E-state index contributed by atoms with van der Waals surface area (Å²) in [7, 11) is 0. The van der Waals surface area contributed by atoms with Gasteiger partial charge in [0.2, 0.25) is 0 Å². The molecule has 0 amide bonds. The molecule has 26 heavy (non-hydrogen) atoms. The molecule has 0 saturated heterocycles. The first-order valence-electron chi connectivity index (χ1n) is 8.23. The normalized spacial score (nSPS) is 10.6. The van der Waals surface area contributed by atoms with Gasteiger partial charge in [-0.1, -0.05) is 54.6 Å². The topological polar surface area (TPSA) is 58.7 Å². The van der Waals surface area contributed by atoms with Crippen LogP contribution in [-0.2, 0) is 0 Å². The zero-order chi connectivity index (χ0) is 17.9. The third kappa shape index (κ3) is 2.75. The van der Waals surface area contributed by atoms with E-state index in [1.165, 1.54) is 9.13 Å². The van der Waals surface area contributed by atoms with Gasteiger partial charge in [-0.2, -0.15) is 14.1 Å². The number of hydrogen-bond acceptors (Lipinski definition) is 2. The van der Waals surface area contributed by atoms with E-state index in [0.29, 0.717) is 17.2 Å². The van der Waals surface area contributed by atoms with Crippen LogP contribution < -0.4 is 15.9 Å². The fraction of sp³-hybridized carbons (Fsp3) is 0. The van der Waals surface area contributed by atoms with Gasteiger partial charge in [0.1, 0.15) is 11.4 Å². The molecule has 126 valence electrons. The Labute approximate surface area is 149 Å². The number of H-pyrrole nitrogens is 1. The quantitative estimate of drug-likeness (QED) is 0.582. The molecule has 0 atom stereocenters. The highest BCUT2D eigenvalue weighted by Gasteiger charge is 2.24. The summed E-state index contributed by atoms with van der Waals surface area (Å²) in [5, 5.41) is 0.